The molecule has 0 radical (unpaired) electrons. The Morgan fingerprint density at radius 2 is 1.67 bits per heavy atom. The summed E-state index contributed by atoms with van der Waals surface area (Å²) in [7, 11) is 0. The minimum Gasteiger partial charge on any atom is -0.383 e. The molecule has 2 heteroatoms. The van der Waals surface area contributed by atoms with Crippen LogP contribution in [-0.4, -0.2) is 5.84 Å². The Labute approximate surface area is 90.5 Å². The summed E-state index contributed by atoms with van der Waals surface area (Å²) in [5.74, 6) is 0.431. The van der Waals surface area contributed by atoms with Crippen molar-refractivity contribution in [3.8, 4) is 0 Å². The predicted molar refractivity (Wildman–Crippen MR) is 63.3 cm³/mol. The molecule has 2 aromatic rings. The zero-order valence-electron chi connectivity index (χ0n) is 9.22. The molecule has 74 valence electrons. The van der Waals surface area contributed by atoms with Gasteiger partial charge in [-0.25, -0.2) is 4.99 Å². The number of nitrogens with zero attached hydrogens (tertiary/aromatic N) is 1. The van der Waals surface area contributed by atoms with Gasteiger partial charge in [-0.2, -0.15) is 0 Å². The fraction of sp³-hybridized carbons (Fsp3) is 0. The molecule has 0 aromatic heterocycles. The molecule has 0 amide bonds. The smallest absolute Gasteiger partial charge is 0.131 e. The molecule has 0 heterocycles. The van der Waals surface area contributed by atoms with E-state index in [1.54, 1.807) is 18.2 Å². The van der Waals surface area contributed by atoms with Gasteiger partial charge in [0.2, 0.25) is 0 Å². The van der Waals surface area contributed by atoms with Gasteiger partial charge in [0.05, 0.1) is 7.06 Å². The summed E-state index contributed by atoms with van der Waals surface area (Å²) in [6.07, 6.45) is 0. The Kier molecular flexibility index (Phi) is 2.43. The molecule has 0 bridgehead atoms. The van der Waals surface area contributed by atoms with Crippen molar-refractivity contribution in [2.24, 2.45) is 10.7 Å². The van der Waals surface area contributed by atoms with E-state index >= 15 is 0 Å². The SMILES string of the molecule is [2H]c1ccccc1N=C(N)c1ccccc1. The third-order valence-electron chi connectivity index (χ3n) is 2.00. The topological polar surface area (TPSA) is 38.4 Å². The maximum absolute atomic E-state index is 7.66. The summed E-state index contributed by atoms with van der Waals surface area (Å²) in [5.41, 5.74) is 7.32. The van der Waals surface area contributed by atoms with Crippen molar-refractivity contribution < 1.29 is 1.37 Å². The van der Waals surface area contributed by atoms with Gasteiger partial charge in [0.1, 0.15) is 5.84 Å². The van der Waals surface area contributed by atoms with Crippen LogP contribution in [0.4, 0.5) is 5.69 Å². The van der Waals surface area contributed by atoms with E-state index in [1.807, 2.05) is 36.4 Å². The Morgan fingerprint density at radius 1 is 1.00 bits per heavy atom. The van der Waals surface area contributed by atoms with Crippen LogP contribution in [0.15, 0.2) is 65.6 Å². The second-order valence-electron chi connectivity index (χ2n) is 3.11. The number of hydrogen-bond acceptors (Lipinski definition) is 1. The van der Waals surface area contributed by atoms with Crippen LogP contribution in [0.25, 0.3) is 0 Å². The number of rotatable bonds is 2. The van der Waals surface area contributed by atoms with E-state index in [4.69, 9.17) is 7.10 Å². The molecule has 0 aliphatic carbocycles. The van der Waals surface area contributed by atoms with Gasteiger partial charge in [-0.15, -0.1) is 0 Å². The molecule has 0 saturated carbocycles. The number of amidine groups is 1. The van der Waals surface area contributed by atoms with Crippen molar-refractivity contribution in [2.45, 2.75) is 0 Å². The van der Waals surface area contributed by atoms with E-state index in [2.05, 4.69) is 4.99 Å². The summed E-state index contributed by atoms with van der Waals surface area (Å²) in [4.78, 5) is 4.24. The van der Waals surface area contributed by atoms with Crippen molar-refractivity contribution >= 4 is 11.5 Å². The molecule has 0 spiro atoms. The molecular formula is C13H12N2. The summed E-state index contributed by atoms with van der Waals surface area (Å²) >= 11 is 0. The van der Waals surface area contributed by atoms with E-state index < -0.39 is 0 Å². The lowest BCUT2D eigenvalue weighted by molar-refractivity contribution is 1.45. The number of benzene rings is 2. The molecule has 2 rings (SSSR count). The van der Waals surface area contributed by atoms with Gasteiger partial charge >= 0.3 is 0 Å². The highest BCUT2D eigenvalue weighted by Crippen LogP contribution is 2.11. The maximum atomic E-state index is 7.66. The van der Waals surface area contributed by atoms with Gasteiger partial charge in [-0.1, -0.05) is 48.5 Å². The fourth-order valence-electron chi connectivity index (χ4n) is 1.26. The average Bonchev–Trinajstić information content (AvgIpc) is 2.33. The van der Waals surface area contributed by atoms with E-state index in [9.17, 15) is 0 Å². The molecular weight excluding hydrogens is 184 g/mol. The lowest BCUT2D eigenvalue weighted by Crippen LogP contribution is -2.12. The Hall–Kier alpha value is -2.09. The van der Waals surface area contributed by atoms with Gasteiger partial charge in [0.15, 0.2) is 0 Å². The zero-order chi connectivity index (χ0) is 11.4. The van der Waals surface area contributed by atoms with Crippen LogP contribution in [0, 0.1) is 0 Å². The first-order valence-electron chi connectivity index (χ1n) is 5.22. The van der Waals surface area contributed by atoms with Crippen LogP contribution in [0.5, 0.6) is 0 Å². The molecule has 0 unspecified atom stereocenters. The average molecular weight is 197 g/mol. The summed E-state index contributed by atoms with van der Waals surface area (Å²) in [6.45, 7) is 0. The largest absolute Gasteiger partial charge is 0.383 e. The molecule has 0 fully saturated rings. The van der Waals surface area contributed by atoms with Crippen molar-refractivity contribution in [2.75, 3.05) is 0 Å². The van der Waals surface area contributed by atoms with Crippen LogP contribution in [0.1, 0.15) is 6.93 Å². The molecule has 0 aliphatic heterocycles. The van der Waals surface area contributed by atoms with E-state index in [1.165, 1.54) is 0 Å². The van der Waals surface area contributed by atoms with Gasteiger partial charge in [-0.05, 0) is 12.1 Å². The first-order valence-corrected chi connectivity index (χ1v) is 4.72. The van der Waals surface area contributed by atoms with E-state index in [-0.39, 0.29) is 0 Å². The van der Waals surface area contributed by atoms with Gasteiger partial charge in [0, 0.05) is 5.56 Å². The van der Waals surface area contributed by atoms with Crippen LogP contribution in [0.3, 0.4) is 0 Å². The third-order valence-corrected chi connectivity index (χ3v) is 2.00. The lowest BCUT2D eigenvalue weighted by Gasteiger charge is -2.00. The second-order valence-corrected chi connectivity index (χ2v) is 3.11. The normalized spacial score (nSPS) is 12.3. The lowest BCUT2D eigenvalue weighted by atomic mass is 10.2. The minimum absolute atomic E-state index is 0.376. The van der Waals surface area contributed by atoms with Crippen molar-refractivity contribution in [3.05, 3.63) is 66.2 Å². The number of nitrogens with two attached hydrogens (primary N) is 1. The Morgan fingerprint density at radius 3 is 2.40 bits per heavy atom. The summed E-state index contributed by atoms with van der Waals surface area (Å²) < 4.78 is 7.66. The number of aliphatic imine (C=N–C) groups is 1. The standard InChI is InChI=1S/C13H12N2/c14-13(11-7-3-1-4-8-11)15-12-9-5-2-6-10-12/h1-10H,(H2,14,15)/i9D. The molecule has 15 heavy (non-hydrogen) atoms. The first-order chi connectivity index (χ1) is 7.77. The molecule has 0 saturated heterocycles. The maximum Gasteiger partial charge on any atom is 0.131 e. The quantitative estimate of drug-likeness (QED) is 0.583. The zero-order valence-corrected chi connectivity index (χ0v) is 8.22. The first kappa shape index (κ1) is 8.24. The highest BCUT2D eigenvalue weighted by Gasteiger charge is 1.96. The molecule has 2 N–H and O–H groups in total. The Balaban J connectivity index is 2.36. The van der Waals surface area contributed by atoms with Crippen molar-refractivity contribution in [3.63, 3.8) is 0 Å². The minimum atomic E-state index is 0.376. The van der Waals surface area contributed by atoms with Crippen molar-refractivity contribution in [1.82, 2.24) is 0 Å². The van der Waals surface area contributed by atoms with Crippen LogP contribution < -0.4 is 5.73 Å². The van der Waals surface area contributed by atoms with E-state index in [0.29, 0.717) is 17.6 Å². The molecule has 0 aliphatic rings. The highest BCUT2D eigenvalue weighted by atomic mass is 14.9. The predicted octanol–water partition coefficient (Wildman–Crippen LogP) is 2.72. The monoisotopic (exact) mass is 197 g/mol. The van der Waals surface area contributed by atoms with Gasteiger partial charge < -0.3 is 5.73 Å². The second kappa shape index (κ2) is 4.42. The van der Waals surface area contributed by atoms with Crippen molar-refractivity contribution in [1.29, 1.82) is 0 Å². The number of para-hydroxylation sites is 1. The van der Waals surface area contributed by atoms with Crippen LogP contribution >= 0.6 is 0 Å². The summed E-state index contributed by atoms with van der Waals surface area (Å²) in [5, 5.41) is 0. The number of hydrogen-bond donors (Lipinski definition) is 1. The fourth-order valence-corrected chi connectivity index (χ4v) is 1.26. The Bertz CT molecular complexity index is 506. The summed E-state index contributed by atoms with van der Waals surface area (Å²) in [6, 6.07) is 17.0. The molecule has 2 nitrogen and oxygen atoms in total. The highest BCUT2D eigenvalue weighted by molar-refractivity contribution is 5.98. The van der Waals surface area contributed by atoms with Crippen LogP contribution in [0.2, 0.25) is 0 Å². The van der Waals surface area contributed by atoms with Crippen LogP contribution in [-0.2, 0) is 0 Å². The van der Waals surface area contributed by atoms with Gasteiger partial charge in [0.25, 0.3) is 0 Å². The molecule has 0 atom stereocenters. The van der Waals surface area contributed by atoms with Gasteiger partial charge in [-0.3, -0.25) is 0 Å². The van der Waals surface area contributed by atoms with E-state index in [0.717, 1.165) is 5.56 Å². The molecule has 2 aromatic carbocycles. The third kappa shape index (κ3) is 2.44.